The topological polar surface area (TPSA) is 46.3 Å². The van der Waals surface area contributed by atoms with Gasteiger partial charge in [-0.3, -0.25) is 4.79 Å². The summed E-state index contributed by atoms with van der Waals surface area (Å²) in [6.07, 6.45) is -1.89. The van der Waals surface area contributed by atoms with E-state index >= 15 is 0 Å². The highest BCUT2D eigenvalue weighted by Crippen LogP contribution is 2.33. The van der Waals surface area contributed by atoms with Crippen LogP contribution in [0.25, 0.3) is 0 Å². The Bertz CT molecular complexity index is 510. The second-order valence-corrected chi connectivity index (χ2v) is 5.03. The number of carbonyl (C=O) groups excluding carboxylic acids is 1. The van der Waals surface area contributed by atoms with Gasteiger partial charge in [0.25, 0.3) is 5.91 Å². The van der Waals surface area contributed by atoms with Gasteiger partial charge in [0.15, 0.2) is 0 Å². The number of anilines is 1. The van der Waals surface area contributed by atoms with E-state index in [4.69, 9.17) is 5.73 Å². The maximum absolute atomic E-state index is 12.7. The fourth-order valence-electron chi connectivity index (χ4n) is 2.15. The number of halogens is 3. The van der Waals surface area contributed by atoms with Crippen molar-refractivity contribution in [1.82, 2.24) is 4.90 Å². The Labute approximate surface area is 115 Å². The molecule has 20 heavy (non-hydrogen) atoms. The third-order valence-corrected chi connectivity index (χ3v) is 3.32. The van der Waals surface area contributed by atoms with E-state index in [1.807, 2.05) is 6.92 Å². The van der Waals surface area contributed by atoms with Crippen LogP contribution in [0, 0.1) is 0 Å². The summed E-state index contributed by atoms with van der Waals surface area (Å²) in [5.74, 6) is -0.405. The Hall–Kier alpha value is -1.72. The van der Waals surface area contributed by atoms with Gasteiger partial charge in [0.05, 0.1) is 11.1 Å². The number of alkyl halides is 3. The Kier molecular flexibility index (Phi) is 3.92. The Morgan fingerprint density at radius 3 is 2.55 bits per heavy atom. The molecule has 3 nitrogen and oxygen atoms in total. The van der Waals surface area contributed by atoms with Crippen LogP contribution in [0.15, 0.2) is 18.2 Å². The summed E-state index contributed by atoms with van der Waals surface area (Å²) in [5.41, 5.74) is 4.86. The number of nitrogens with zero attached hydrogens (tertiary/aromatic N) is 1. The van der Waals surface area contributed by atoms with Gasteiger partial charge in [-0.1, -0.05) is 6.92 Å². The van der Waals surface area contributed by atoms with Crippen LogP contribution in [-0.4, -0.2) is 23.4 Å². The predicted octanol–water partition coefficient (Wildman–Crippen LogP) is 3.30. The van der Waals surface area contributed by atoms with Crippen LogP contribution in [0.1, 0.15) is 42.1 Å². The molecule has 1 aromatic carbocycles. The van der Waals surface area contributed by atoms with E-state index in [1.54, 1.807) is 4.90 Å². The van der Waals surface area contributed by atoms with E-state index in [0.717, 1.165) is 37.5 Å². The molecular weight excluding hydrogens is 269 g/mol. The molecule has 0 spiro atoms. The first-order chi connectivity index (χ1) is 9.34. The van der Waals surface area contributed by atoms with Crippen molar-refractivity contribution < 1.29 is 18.0 Å². The number of hydrogen-bond acceptors (Lipinski definition) is 2. The van der Waals surface area contributed by atoms with E-state index in [0.29, 0.717) is 6.54 Å². The molecule has 1 saturated carbocycles. The van der Waals surface area contributed by atoms with Crippen LogP contribution in [0.2, 0.25) is 0 Å². The van der Waals surface area contributed by atoms with Crippen molar-refractivity contribution in [3.8, 4) is 0 Å². The number of nitrogen functional groups attached to an aromatic ring is 1. The van der Waals surface area contributed by atoms with E-state index in [9.17, 15) is 18.0 Å². The number of hydrogen-bond donors (Lipinski definition) is 1. The summed E-state index contributed by atoms with van der Waals surface area (Å²) in [7, 11) is 0. The van der Waals surface area contributed by atoms with E-state index in [1.165, 1.54) is 0 Å². The molecule has 1 aliphatic carbocycles. The number of amides is 1. The quantitative estimate of drug-likeness (QED) is 0.863. The summed E-state index contributed by atoms with van der Waals surface area (Å²) < 4.78 is 38.2. The summed E-state index contributed by atoms with van der Waals surface area (Å²) in [4.78, 5) is 14.0. The van der Waals surface area contributed by atoms with Gasteiger partial charge in [-0.2, -0.15) is 13.2 Å². The fourth-order valence-corrected chi connectivity index (χ4v) is 2.15. The first-order valence-corrected chi connectivity index (χ1v) is 6.62. The number of nitrogens with two attached hydrogens (primary N) is 1. The van der Waals surface area contributed by atoms with Gasteiger partial charge in [-0.25, -0.2) is 0 Å². The van der Waals surface area contributed by atoms with Crippen LogP contribution in [-0.2, 0) is 6.18 Å². The van der Waals surface area contributed by atoms with Gasteiger partial charge in [-0.05, 0) is 37.5 Å². The lowest BCUT2D eigenvalue weighted by Gasteiger charge is -2.23. The van der Waals surface area contributed by atoms with Crippen molar-refractivity contribution in [3.63, 3.8) is 0 Å². The largest absolute Gasteiger partial charge is 0.416 e. The first-order valence-electron chi connectivity index (χ1n) is 6.62. The molecule has 0 aliphatic heterocycles. The highest BCUT2D eigenvalue weighted by molar-refractivity contribution is 5.99. The molecule has 0 radical (unpaired) electrons. The maximum Gasteiger partial charge on any atom is 0.416 e. The number of carbonyl (C=O) groups is 1. The molecule has 0 aromatic heterocycles. The zero-order valence-electron chi connectivity index (χ0n) is 11.2. The number of rotatable bonds is 4. The molecule has 2 rings (SSSR count). The first kappa shape index (κ1) is 14.7. The van der Waals surface area contributed by atoms with Crippen LogP contribution in [0.4, 0.5) is 18.9 Å². The van der Waals surface area contributed by atoms with Crippen molar-refractivity contribution >= 4 is 11.6 Å². The minimum atomic E-state index is -4.47. The Balaban J connectivity index is 2.32. The minimum Gasteiger partial charge on any atom is -0.398 e. The lowest BCUT2D eigenvalue weighted by molar-refractivity contribution is -0.137. The molecule has 0 bridgehead atoms. The standard InChI is InChI=1S/C14H17F3N2O/c1-2-7-19(10-4-5-10)13(20)11-8-9(14(15,16)17)3-6-12(11)18/h3,6,8,10H,2,4-5,7,18H2,1H3. The van der Waals surface area contributed by atoms with E-state index in [2.05, 4.69) is 0 Å². The van der Waals surface area contributed by atoms with Crippen LogP contribution >= 0.6 is 0 Å². The summed E-state index contributed by atoms with van der Waals surface area (Å²) in [6.45, 7) is 2.47. The van der Waals surface area contributed by atoms with Crippen molar-refractivity contribution in [1.29, 1.82) is 0 Å². The molecule has 0 unspecified atom stereocenters. The van der Waals surface area contributed by atoms with Crippen molar-refractivity contribution in [2.45, 2.75) is 38.4 Å². The normalized spacial score (nSPS) is 15.2. The molecule has 1 amide bonds. The SMILES string of the molecule is CCCN(C(=O)c1cc(C(F)(F)F)ccc1N)C1CC1. The van der Waals surface area contributed by atoms with Gasteiger partial charge in [0, 0.05) is 18.3 Å². The van der Waals surface area contributed by atoms with Gasteiger partial charge >= 0.3 is 6.18 Å². The molecule has 2 N–H and O–H groups in total. The molecule has 6 heteroatoms. The molecule has 1 aromatic rings. The van der Waals surface area contributed by atoms with Crippen LogP contribution in [0.5, 0.6) is 0 Å². The molecule has 0 saturated heterocycles. The van der Waals surface area contributed by atoms with Gasteiger partial charge in [0.1, 0.15) is 0 Å². The van der Waals surface area contributed by atoms with Gasteiger partial charge in [-0.15, -0.1) is 0 Å². The summed E-state index contributed by atoms with van der Waals surface area (Å²) in [6, 6.07) is 3.04. The maximum atomic E-state index is 12.7. The Morgan fingerprint density at radius 2 is 2.05 bits per heavy atom. The third-order valence-electron chi connectivity index (χ3n) is 3.32. The zero-order chi connectivity index (χ0) is 14.9. The van der Waals surface area contributed by atoms with Crippen molar-refractivity contribution in [2.75, 3.05) is 12.3 Å². The molecular formula is C14H17F3N2O. The predicted molar refractivity (Wildman–Crippen MR) is 70.2 cm³/mol. The smallest absolute Gasteiger partial charge is 0.398 e. The molecule has 110 valence electrons. The van der Waals surface area contributed by atoms with E-state index in [-0.39, 0.29) is 17.3 Å². The molecule has 1 aliphatic rings. The van der Waals surface area contributed by atoms with Crippen molar-refractivity contribution in [3.05, 3.63) is 29.3 Å². The van der Waals surface area contributed by atoms with Gasteiger partial charge < -0.3 is 10.6 Å². The third kappa shape index (κ3) is 3.05. The van der Waals surface area contributed by atoms with Crippen molar-refractivity contribution in [2.24, 2.45) is 0 Å². The summed E-state index contributed by atoms with van der Waals surface area (Å²) >= 11 is 0. The lowest BCUT2D eigenvalue weighted by atomic mass is 10.1. The Morgan fingerprint density at radius 1 is 1.40 bits per heavy atom. The highest BCUT2D eigenvalue weighted by Gasteiger charge is 2.35. The highest BCUT2D eigenvalue weighted by atomic mass is 19.4. The second-order valence-electron chi connectivity index (χ2n) is 5.03. The average molecular weight is 286 g/mol. The van der Waals surface area contributed by atoms with Crippen LogP contribution in [0.3, 0.4) is 0 Å². The molecule has 0 atom stereocenters. The lowest BCUT2D eigenvalue weighted by Crippen LogP contribution is -2.34. The fraction of sp³-hybridized carbons (Fsp3) is 0.500. The minimum absolute atomic E-state index is 0.0554. The molecule has 0 heterocycles. The molecule has 1 fully saturated rings. The van der Waals surface area contributed by atoms with E-state index < -0.39 is 17.6 Å². The zero-order valence-corrected chi connectivity index (χ0v) is 11.2. The second kappa shape index (κ2) is 5.34. The van der Waals surface area contributed by atoms with Crippen LogP contribution < -0.4 is 5.73 Å². The average Bonchev–Trinajstić information content (AvgIpc) is 3.18. The number of benzene rings is 1. The monoisotopic (exact) mass is 286 g/mol. The van der Waals surface area contributed by atoms with Gasteiger partial charge in [0.2, 0.25) is 0 Å². The summed E-state index contributed by atoms with van der Waals surface area (Å²) in [5, 5.41) is 0.